The zero-order valence-corrected chi connectivity index (χ0v) is 10.3. The second-order valence-corrected chi connectivity index (χ2v) is 4.36. The molecule has 1 atom stereocenters. The zero-order chi connectivity index (χ0) is 13.0. The summed E-state index contributed by atoms with van der Waals surface area (Å²) in [5.41, 5.74) is 1.27. The largest absolute Gasteiger partial charge is 0.393 e. The maximum atomic E-state index is 11.9. The van der Waals surface area contributed by atoms with E-state index in [1.165, 1.54) is 0 Å². The Morgan fingerprint density at radius 2 is 2.28 bits per heavy atom. The second-order valence-electron chi connectivity index (χ2n) is 4.36. The second kappa shape index (κ2) is 5.64. The molecule has 1 heterocycles. The molecule has 2 rings (SSSR count). The van der Waals surface area contributed by atoms with Gasteiger partial charge in [0.25, 0.3) is 5.91 Å². The standard InChI is InChI=1S/C13H17N3O2/c1-9(17)5-4-8-14-13(18)12-10-6-2-3-7-11(10)15-16-12/h2-3,6-7,9,17H,4-5,8H2,1H3,(H,14,18)(H,15,16). The summed E-state index contributed by atoms with van der Waals surface area (Å²) in [6.45, 7) is 2.29. The van der Waals surface area contributed by atoms with Gasteiger partial charge in [-0.05, 0) is 25.8 Å². The fourth-order valence-electron chi connectivity index (χ4n) is 1.82. The van der Waals surface area contributed by atoms with Gasteiger partial charge in [-0.3, -0.25) is 9.89 Å². The summed E-state index contributed by atoms with van der Waals surface area (Å²) in [6, 6.07) is 7.52. The first-order chi connectivity index (χ1) is 8.68. The number of H-pyrrole nitrogens is 1. The highest BCUT2D eigenvalue weighted by atomic mass is 16.3. The average molecular weight is 247 g/mol. The van der Waals surface area contributed by atoms with Crippen molar-refractivity contribution in [1.82, 2.24) is 15.5 Å². The van der Waals surface area contributed by atoms with Crippen LogP contribution in [0.25, 0.3) is 10.9 Å². The van der Waals surface area contributed by atoms with Crippen LogP contribution in [-0.4, -0.2) is 33.9 Å². The fraction of sp³-hybridized carbons (Fsp3) is 0.385. The minimum absolute atomic E-state index is 0.182. The number of nitrogens with zero attached hydrogens (tertiary/aromatic N) is 1. The minimum Gasteiger partial charge on any atom is -0.393 e. The molecule has 0 aliphatic heterocycles. The molecule has 0 spiro atoms. The molecule has 0 fully saturated rings. The summed E-state index contributed by atoms with van der Waals surface area (Å²) >= 11 is 0. The number of aromatic nitrogens is 2. The molecular weight excluding hydrogens is 230 g/mol. The van der Waals surface area contributed by atoms with Gasteiger partial charge in [0, 0.05) is 11.9 Å². The Balaban J connectivity index is 1.97. The van der Waals surface area contributed by atoms with Gasteiger partial charge in [0.2, 0.25) is 0 Å². The summed E-state index contributed by atoms with van der Waals surface area (Å²) in [5, 5.41) is 19.6. The lowest BCUT2D eigenvalue weighted by atomic mass is 10.2. The van der Waals surface area contributed by atoms with Crippen LogP contribution in [0.15, 0.2) is 24.3 Å². The molecule has 3 N–H and O–H groups in total. The Morgan fingerprint density at radius 3 is 3.06 bits per heavy atom. The number of para-hydroxylation sites is 1. The molecule has 2 aromatic rings. The van der Waals surface area contributed by atoms with Crippen LogP contribution in [0.1, 0.15) is 30.3 Å². The molecule has 1 aromatic heterocycles. The third-order valence-electron chi connectivity index (χ3n) is 2.77. The van der Waals surface area contributed by atoms with E-state index in [-0.39, 0.29) is 12.0 Å². The first kappa shape index (κ1) is 12.6. The Kier molecular flexibility index (Phi) is 3.94. The van der Waals surface area contributed by atoms with Crippen molar-refractivity contribution in [3.8, 4) is 0 Å². The Labute approximate surface area is 105 Å². The fourth-order valence-corrected chi connectivity index (χ4v) is 1.82. The highest BCUT2D eigenvalue weighted by Crippen LogP contribution is 2.14. The predicted molar refractivity (Wildman–Crippen MR) is 69.3 cm³/mol. The van der Waals surface area contributed by atoms with Crippen LogP contribution >= 0.6 is 0 Å². The monoisotopic (exact) mass is 247 g/mol. The number of aromatic amines is 1. The lowest BCUT2D eigenvalue weighted by molar-refractivity contribution is 0.0946. The number of amides is 1. The predicted octanol–water partition coefficient (Wildman–Crippen LogP) is 1.45. The zero-order valence-electron chi connectivity index (χ0n) is 10.3. The third-order valence-corrected chi connectivity index (χ3v) is 2.77. The molecule has 1 aromatic carbocycles. The summed E-state index contributed by atoms with van der Waals surface area (Å²) < 4.78 is 0. The highest BCUT2D eigenvalue weighted by Gasteiger charge is 2.12. The lowest BCUT2D eigenvalue weighted by Crippen LogP contribution is -2.25. The number of hydrogen-bond donors (Lipinski definition) is 3. The molecule has 1 amide bonds. The van der Waals surface area contributed by atoms with Gasteiger partial charge < -0.3 is 10.4 Å². The molecule has 1 unspecified atom stereocenters. The number of fused-ring (bicyclic) bond motifs is 1. The molecule has 5 heteroatoms. The number of aliphatic hydroxyl groups is 1. The van der Waals surface area contributed by atoms with Crippen LogP contribution in [0.3, 0.4) is 0 Å². The Morgan fingerprint density at radius 1 is 1.50 bits per heavy atom. The van der Waals surface area contributed by atoms with Crippen LogP contribution in [0.5, 0.6) is 0 Å². The van der Waals surface area contributed by atoms with E-state index in [9.17, 15) is 4.79 Å². The third kappa shape index (κ3) is 2.87. The van der Waals surface area contributed by atoms with E-state index in [2.05, 4.69) is 15.5 Å². The van der Waals surface area contributed by atoms with E-state index in [1.807, 2.05) is 24.3 Å². The van der Waals surface area contributed by atoms with Gasteiger partial charge in [-0.2, -0.15) is 5.10 Å². The summed E-state index contributed by atoms with van der Waals surface area (Å²) in [6.07, 6.45) is 1.11. The minimum atomic E-state index is -0.326. The van der Waals surface area contributed by atoms with Crippen molar-refractivity contribution in [2.45, 2.75) is 25.9 Å². The number of nitrogens with one attached hydrogen (secondary N) is 2. The van der Waals surface area contributed by atoms with Gasteiger partial charge in [-0.25, -0.2) is 0 Å². The van der Waals surface area contributed by atoms with Crippen LogP contribution in [0, 0.1) is 0 Å². The van der Waals surface area contributed by atoms with Crippen molar-refractivity contribution in [2.75, 3.05) is 6.54 Å². The van der Waals surface area contributed by atoms with E-state index in [0.29, 0.717) is 18.7 Å². The normalized spacial score (nSPS) is 12.6. The summed E-state index contributed by atoms with van der Waals surface area (Å²) in [7, 11) is 0. The highest BCUT2D eigenvalue weighted by molar-refractivity contribution is 6.04. The van der Waals surface area contributed by atoms with Gasteiger partial charge in [0.1, 0.15) is 0 Å². The number of benzene rings is 1. The number of rotatable bonds is 5. The van der Waals surface area contributed by atoms with Crippen molar-refractivity contribution in [1.29, 1.82) is 0 Å². The molecule has 0 radical (unpaired) electrons. The van der Waals surface area contributed by atoms with Crippen LogP contribution in [0.4, 0.5) is 0 Å². The van der Waals surface area contributed by atoms with Gasteiger partial charge >= 0.3 is 0 Å². The molecule has 18 heavy (non-hydrogen) atoms. The average Bonchev–Trinajstić information content (AvgIpc) is 2.78. The molecule has 0 bridgehead atoms. The van der Waals surface area contributed by atoms with Gasteiger partial charge in [-0.15, -0.1) is 0 Å². The first-order valence-electron chi connectivity index (χ1n) is 6.08. The maximum absolute atomic E-state index is 11.9. The summed E-state index contributed by atoms with van der Waals surface area (Å²) in [5.74, 6) is -0.182. The quantitative estimate of drug-likeness (QED) is 0.700. The number of hydrogen-bond acceptors (Lipinski definition) is 3. The smallest absolute Gasteiger partial charge is 0.272 e. The van der Waals surface area contributed by atoms with Crippen LogP contribution in [0.2, 0.25) is 0 Å². The van der Waals surface area contributed by atoms with Crippen molar-refractivity contribution in [2.24, 2.45) is 0 Å². The van der Waals surface area contributed by atoms with E-state index >= 15 is 0 Å². The van der Waals surface area contributed by atoms with E-state index in [1.54, 1.807) is 6.92 Å². The van der Waals surface area contributed by atoms with Crippen LogP contribution in [-0.2, 0) is 0 Å². The van der Waals surface area contributed by atoms with Crippen LogP contribution < -0.4 is 5.32 Å². The van der Waals surface area contributed by atoms with E-state index in [4.69, 9.17) is 5.11 Å². The molecule has 0 saturated heterocycles. The van der Waals surface area contributed by atoms with Gasteiger partial charge in [0.05, 0.1) is 11.6 Å². The van der Waals surface area contributed by atoms with Gasteiger partial charge in [-0.1, -0.05) is 18.2 Å². The molecule has 5 nitrogen and oxygen atoms in total. The topological polar surface area (TPSA) is 78.0 Å². The maximum Gasteiger partial charge on any atom is 0.272 e. The van der Waals surface area contributed by atoms with Crippen molar-refractivity contribution in [3.63, 3.8) is 0 Å². The molecular formula is C13H17N3O2. The first-order valence-corrected chi connectivity index (χ1v) is 6.08. The number of carbonyl (C=O) groups is 1. The van der Waals surface area contributed by atoms with Crippen molar-refractivity contribution < 1.29 is 9.90 Å². The molecule has 96 valence electrons. The lowest BCUT2D eigenvalue weighted by Gasteiger charge is -2.05. The van der Waals surface area contributed by atoms with Gasteiger partial charge in [0.15, 0.2) is 5.69 Å². The van der Waals surface area contributed by atoms with E-state index < -0.39 is 0 Å². The number of aliphatic hydroxyl groups excluding tert-OH is 1. The molecule has 0 aliphatic rings. The Bertz CT molecular complexity index is 534. The van der Waals surface area contributed by atoms with E-state index in [0.717, 1.165) is 17.3 Å². The van der Waals surface area contributed by atoms with Crippen molar-refractivity contribution in [3.05, 3.63) is 30.0 Å². The molecule has 0 aliphatic carbocycles. The number of carbonyl (C=O) groups excluding carboxylic acids is 1. The van der Waals surface area contributed by atoms with Crippen molar-refractivity contribution >= 4 is 16.8 Å². The summed E-state index contributed by atoms with van der Waals surface area (Å²) in [4.78, 5) is 11.9. The Hall–Kier alpha value is -1.88. The SMILES string of the molecule is CC(O)CCCNC(=O)c1n[nH]c2ccccc12. The molecule has 0 saturated carbocycles.